The third-order valence-electron chi connectivity index (χ3n) is 8.03. The van der Waals surface area contributed by atoms with Crippen LogP contribution < -0.4 is 24.9 Å². The van der Waals surface area contributed by atoms with Crippen molar-refractivity contribution in [1.29, 1.82) is 0 Å². The Morgan fingerprint density at radius 2 is 0.774 bits per heavy atom. The van der Waals surface area contributed by atoms with E-state index >= 15 is 0 Å². The number of carbonyl (C=O) groups is 9. The molecule has 0 fully saturated rings. The first kappa shape index (κ1) is 37.5. The summed E-state index contributed by atoms with van der Waals surface area (Å²) in [6.07, 6.45) is 4.14. The van der Waals surface area contributed by atoms with Crippen LogP contribution in [0.3, 0.4) is 0 Å². The van der Waals surface area contributed by atoms with Crippen molar-refractivity contribution in [1.82, 2.24) is 0 Å². The van der Waals surface area contributed by atoms with Gasteiger partial charge in [0.1, 0.15) is 5.60 Å². The molecule has 4 heterocycles. The summed E-state index contributed by atoms with van der Waals surface area (Å²) in [5, 5.41) is 2.51. The Labute approximate surface area is 303 Å². The van der Waals surface area contributed by atoms with Gasteiger partial charge in [-0.15, -0.1) is 0 Å². The SMILES string of the molecule is CC1=CC(=O)N(c2cc(C)cc(N3C(=O)C=C(C)C3=O)c2)C1=O.CC1=CC(=O)N(c2cc(NC(=O)OC(C)(C)C)cc(N3C(=O)C=C(C)C3=O)c2)C1=O. The number of carbonyl (C=O) groups excluding carboxylic acids is 9. The molecular formula is C38H35N5O10. The highest BCUT2D eigenvalue weighted by molar-refractivity contribution is 6.33. The Bertz CT molecular complexity index is 2090. The lowest BCUT2D eigenvalue weighted by Gasteiger charge is -2.22. The molecule has 0 saturated heterocycles. The van der Waals surface area contributed by atoms with E-state index in [1.54, 1.807) is 53.7 Å². The third-order valence-corrected chi connectivity index (χ3v) is 8.03. The highest BCUT2D eigenvalue weighted by atomic mass is 16.6. The Kier molecular flexibility index (Phi) is 9.72. The van der Waals surface area contributed by atoms with Gasteiger partial charge in [0.2, 0.25) is 0 Å². The number of anilines is 5. The van der Waals surface area contributed by atoms with E-state index < -0.39 is 59.0 Å². The topological polar surface area (TPSA) is 188 Å². The van der Waals surface area contributed by atoms with Crippen LogP contribution in [0, 0.1) is 6.92 Å². The Hall–Kier alpha value is -6.77. The van der Waals surface area contributed by atoms with Crippen molar-refractivity contribution in [2.75, 3.05) is 24.9 Å². The molecule has 0 aromatic heterocycles. The molecule has 0 aliphatic carbocycles. The highest BCUT2D eigenvalue weighted by Crippen LogP contribution is 2.34. The minimum atomic E-state index is -0.771. The predicted molar refractivity (Wildman–Crippen MR) is 192 cm³/mol. The van der Waals surface area contributed by atoms with Crippen LogP contribution in [0.25, 0.3) is 0 Å². The number of amides is 9. The lowest BCUT2D eigenvalue weighted by molar-refractivity contribution is -0.122. The summed E-state index contributed by atoms with van der Waals surface area (Å²) in [4.78, 5) is 114. The smallest absolute Gasteiger partial charge is 0.412 e. The first-order valence-corrected chi connectivity index (χ1v) is 16.2. The fourth-order valence-electron chi connectivity index (χ4n) is 5.68. The van der Waals surface area contributed by atoms with Gasteiger partial charge in [-0.25, -0.2) is 24.4 Å². The molecule has 0 spiro atoms. The first-order chi connectivity index (χ1) is 24.7. The van der Waals surface area contributed by atoms with Gasteiger partial charge in [0.05, 0.1) is 22.7 Å². The molecule has 2 aromatic carbocycles. The minimum absolute atomic E-state index is 0.104. The van der Waals surface area contributed by atoms with Crippen molar-refractivity contribution in [3.8, 4) is 0 Å². The van der Waals surface area contributed by atoms with Crippen molar-refractivity contribution in [2.24, 2.45) is 0 Å². The maximum absolute atomic E-state index is 12.4. The monoisotopic (exact) mass is 721 g/mol. The van der Waals surface area contributed by atoms with Crippen LogP contribution in [-0.2, 0) is 43.1 Å². The zero-order valence-electron chi connectivity index (χ0n) is 30.1. The van der Waals surface area contributed by atoms with E-state index in [1.165, 1.54) is 62.4 Å². The predicted octanol–water partition coefficient (Wildman–Crippen LogP) is 4.31. The van der Waals surface area contributed by atoms with Gasteiger partial charge in [-0.3, -0.25) is 43.7 Å². The molecule has 0 radical (unpaired) electrons. The molecule has 0 saturated carbocycles. The van der Waals surface area contributed by atoms with Crippen LogP contribution in [0.2, 0.25) is 0 Å². The minimum Gasteiger partial charge on any atom is -0.444 e. The van der Waals surface area contributed by atoms with Crippen molar-refractivity contribution < 1.29 is 47.9 Å². The van der Waals surface area contributed by atoms with Crippen LogP contribution >= 0.6 is 0 Å². The summed E-state index contributed by atoms with van der Waals surface area (Å²) in [6, 6.07) is 8.97. The normalized spacial score (nSPS) is 17.4. The second kappa shape index (κ2) is 13.7. The lowest BCUT2D eigenvalue weighted by Crippen LogP contribution is -2.33. The number of hydrogen-bond acceptors (Lipinski definition) is 10. The largest absolute Gasteiger partial charge is 0.444 e. The van der Waals surface area contributed by atoms with Gasteiger partial charge in [0, 0.05) is 52.3 Å². The lowest BCUT2D eigenvalue weighted by atomic mass is 10.1. The molecule has 15 heteroatoms. The van der Waals surface area contributed by atoms with Gasteiger partial charge in [0.15, 0.2) is 0 Å². The molecule has 9 amide bonds. The van der Waals surface area contributed by atoms with E-state index in [2.05, 4.69) is 5.32 Å². The Morgan fingerprint density at radius 1 is 0.491 bits per heavy atom. The molecule has 4 aliphatic rings. The van der Waals surface area contributed by atoms with E-state index in [-0.39, 0.29) is 28.2 Å². The number of hydrogen-bond donors (Lipinski definition) is 1. The number of imide groups is 4. The standard InChI is InChI=1S/C21H21N3O6.C17H14N2O4/c1-11-6-16(25)23(18(11)27)14-8-13(22-20(29)30-21(3,4)5)9-15(10-14)24-17(26)7-12(2)19(24)28;1-9-4-12(18-14(20)6-10(2)16(18)22)8-13(5-9)19-15(21)7-11(3)17(19)23/h6-10H,1-5H3,(H,22,29);4-8H,1-3H3. The van der Waals surface area contributed by atoms with Crippen LogP contribution in [0.4, 0.5) is 33.2 Å². The van der Waals surface area contributed by atoms with Crippen LogP contribution in [0.15, 0.2) is 83.0 Å². The first-order valence-electron chi connectivity index (χ1n) is 16.2. The molecule has 2 aromatic rings. The van der Waals surface area contributed by atoms with Crippen molar-refractivity contribution in [3.05, 3.63) is 88.6 Å². The summed E-state index contributed by atoms with van der Waals surface area (Å²) in [6.45, 7) is 13.0. The molecular weight excluding hydrogens is 686 g/mol. The quantitative estimate of drug-likeness (QED) is 0.436. The second-order valence-corrected chi connectivity index (χ2v) is 13.6. The molecule has 0 atom stereocenters. The molecule has 0 unspecified atom stereocenters. The Balaban J connectivity index is 0.000000211. The summed E-state index contributed by atoms with van der Waals surface area (Å²) in [7, 11) is 0. The van der Waals surface area contributed by atoms with E-state index in [0.29, 0.717) is 22.5 Å². The third kappa shape index (κ3) is 7.49. The summed E-state index contributed by atoms with van der Waals surface area (Å²) in [5.41, 5.74) is 2.21. The van der Waals surface area contributed by atoms with E-state index in [1.807, 2.05) is 0 Å². The van der Waals surface area contributed by atoms with Gasteiger partial charge in [-0.2, -0.15) is 0 Å². The van der Waals surface area contributed by atoms with Crippen LogP contribution in [0.1, 0.15) is 54.0 Å². The molecule has 1 N–H and O–H groups in total. The maximum Gasteiger partial charge on any atom is 0.412 e. The number of nitrogens with one attached hydrogen (secondary N) is 1. The van der Waals surface area contributed by atoms with E-state index in [9.17, 15) is 43.2 Å². The number of aryl methyl sites for hydroxylation is 1. The summed E-state index contributed by atoms with van der Waals surface area (Å²) < 4.78 is 5.23. The summed E-state index contributed by atoms with van der Waals surface area (Å²) in [5.74, 6) is -3.87. The van der Waals surface area contributed by atoms with E-state index in [4.69, 9.17) is 4.74 Å². The molecule has 272 valence electrons. The fraction of sp³-hybridized carbons (Fsp3) is 0.237. The van der Waals surface area contributed by atoms with Gasteiger partial charge in [0.25, 0.3) is 47.3 Å². The number of rotatable bonds is 5. The van der Waals surface area contributed by atoms with E-state index in [0.717, 1.165) is 25.2 Å². The van der Waals surface area contributed by atoms with Gasteiger partial charge in [-0.05, 0) is 97.4 Å². The second-order valence-electron chi connectivity index (χ2n) is 13.6. The average molecular weight is 722 g/mol. The molecule has 0 bridgehead atoms. The van der Waals surface area contributed by atoms with Crippen molar-refractivity contribution in [2.45, 2.75) is 61.0 Å². The van der Waals surface area contributed by atoms with Crippen molar-refractivity contribution in [3.63, 3.8) is 0 Å². The zero-order chi connectivity index (χ0) is 39.3. The van der Waals surface area contributed by atoms with Crippen molar-refractivity contribution >= 4 is 81.8 Å². The fourth-order valence-corrected chi connectivity index (χ4v) is 5.68. The molecule has 6 rings (SSSR count). The Morgan fingerprint density at radius 3 is 1.02 bits per heavy atom. The molecule has 4 aliphatic heterocycles. The molecule has 53 heavy (non-hydrogen) atoms. The highest BCUT2D eigenvalue weighted by Gasteiger charge is 2.35. The van der Waals surface area contributed by atoms with Gasteiger partial charge >= 0.3 is 6.09 Å². The maximum atomic E-state index is 12.4. The number of ether oxygens (including phenoxy) is 1. The van der Waals surface area contributed by atoms with Gasteiger partial charge < -0.3 is 4.74 Å². The van der Waals surface area contributed by atoms with Crippen LogP contribution in [-0.4, -0.2) is 59.0 Å². The average Bonchev–Trinajstić information content (AvgIpc) is 3.64. The van der Waals surface area contributed by atoms with Crippen LogP contribution in [0.5, 0.6) is 0 Å². The molecule has 15 nitrogen and oxygen atoms in total. The number of nitrogens with zero attached hydrogens (tertiary/aromatic N) is 4. The number of benzene rings is 2. The summed E-state index contributed by atoms with van der Waals surface area (Å²) >= 11 is 0. The van der Waals surface area contributed by atoms with Gasteiger partial charge in [-0.1, -0.05) is 0 Å². The zero-order valence-corrected chi connectivity index (χ0v) is 30.1.